The van der Waals surface area contributed by atoms with Gasteiger partial charge in [0.1, 0.15) is 18.3 Å². The van der Waals surface area contributed by atoms with Gasteiger partial charge in [0.05, 0.1) is 18.1 Å². The van der Waals surface area contributed by atoms with Crippen molar-refractivity contribution in [3.63, 3.8) is 0 Å². The van der Waals surface area contributed by atoms with Crippen molar-refractivity contribution in [2.45, 2.75) is 130 Å². The summed E-state index contributed by atoms with van der Waals surface area (Å²) in [4.78, 5) is 12.9. The van der Waals surface area contributed by atoms with E-state index in [4.69, 9.17) is 9.47 Å². The summed E-state index contributed by atoms with van der Waals surface area (Å²) < 4.78 is 12.1. The van der Waals surface area contributed by atoms with E-state index in [0.717, 1.165) is 63.4 Å². The van der Waals surface area contributed by atoms with Crippen LogP contribution in [0.5, 0.6) is 0 Å². The number of hydrogen-bond donors (Lipinski definition) is 4. The molecule has 0 aromatic rings. The Balaban J connectivity index is 1.31. The third kappa shape index (κ3) is 3.92. The van der Waals surface area contributed by atoms with Gasteiger partial charge in [0.15, 0.2) is 6.29 Å². The number of carboxylic acid groups (broad SMARTS) is 1. The molecule has 0 bridgehead atoms. The first-order valence-electron chi connectivity index (χ1n) is 16.5. The lowest BCUT2D eigenvalue weighted by Gasteiger charge is -2.71. The van der Waals surface area contributed by atoms with Crippen LogP contribution in [-0.2, 0) is 14.3 Å². The summed E-state index contributed by atoms with van der Waals surface area (Å²) in [6.07, 6.45) is 5.97. The molecular weight excluding hydrogens is 532 g/mol. The smallest absolute Gasteiger partial charge is 0.310 e. The molecule has 13 atom stereocenters. The third-order valence-electron chi connectivity index (χ3n) is 14.6. The highest BCUT2D eigenvalue weighted by molar-refractivity contribution is 5.77. The van der Waals surface area contributed by atoms with Gasteiger partial charge in [-0.15, -0.1) is 0 Å². The number of fused-ring (bicyclic) bond motifs is 7. The molecule has 1 saturated heterocycles. The summed E-state index contributed by atoms with van der Waals surface area (Å²) in [5.41, 5.74) is 1.68. The number of aliphatic hydroxyl groups is 3. The molecule has 7 nitrogen and oxygen atoms in total. The maximum absolute atomic E-state index is 12.9. The van der Waals surface area contributed by atoms with E-state index < -0.39 is 36.0 Å². The number of hydrogen-bond acceptors (Lipinski definition) is 6. The summed E-state index contributed by atoms with van der Waals surface area (Å²) in [5.74, 6) is 0.509. The van der Waals surface area contributed by atoms with Gasteiger partial charge in [-0.25, -0.2) is 0 Å². The van der Waals surface area contributed by atoms with Crippen LogP contribution in [-0.4, -0.2) is 63.7 Å². The van der Waals surface area contributed by atoms with Crippen LogP contribution < -0.4 is 0 Å². The molecule has 4 saturated carbocycles. The normalized spacial score (nSPS) is 53.6. The van der Waals surface area contributed by atoms with Crippen LogP contribution in [0.15, 0.2) is 23.8 Å². The maximum Gasteiger partial charge on any atom is 0.310 e. The highest BCUT2D eigenvalue weighted by atomic mass is 16.7. The number of allylic oxidation sites excluding steroid dienone is 3. The average molecular weight is 587 g/mol. The van der Waals surface area contributed by atoms with Crippen molar-refractivity contribution in [1.29, 1.82) is 0 Å². The van der Waals surface area contributed by atoms with Gasteiger partial charge in [0.2, 0.25) is 0 Å². The molecule has 13 unspecified atom stereocenters. The first-order chi connectivity index (χ1) is 19.5. The second-order valence-electron chi connectivity index (χ2n) is 16.4. The Kier molecular flexibility index (Phi) is 7.23. The largest absolute Gasteiger partial charge is 0.481 e. The fourth-order valence-corrected chi connectivity index (χ4v) is 11.7. The van der Waals surface area contributed by atoms with Crippen LogP contribution in [0.3, 0.4) is 0 Å². The van der Waals surface area contributed by atoms with Crippen LogP contribution in [0, 0.1) is 50.7 Å². The summed E-state index contributed by atoms with van der Waals surface area (Å²) >= 11 is 0. The molecule has 42 heavy (non-hydrogen) atoms. The molecule has 7 heteroatoms. The minimum absolute atomic E-state index is 0.0553. The van der Waals surface area contributed by atoms with E-state index in [1.807, 2.05) is 0 Å². The number of carbonyl (C=O) groups is 1. The van der Waals surface area contributed by atoms with Crippen molar-refractivity contribution in [2.75, 3.05) is 6.61 Å². The van der Waals surface area contributed by atoms with Crippen molar-refractivity contribution in [1.82, 2.24) is 0 Å². The van der Waals surface area contributed by atoms with Gasteiger partial charge in [0.25, 0.3) is 0 Å². The van der Waals surface area contributed by atoms with Gasteiger partial charge in [-0.1, -0.05) is 65.3 Å². The van der Waals surface area contributed by atoms with Crippen molar-refractivity contribution < 1.29 is 34.7 Å². The fourth-order valence-electron chi connectivity index (χ4n) is 11.7. The predicted molar refractivity (Wildman–Crippen MR) is 159 cm³/mol. The molecule has 0 spiro atoms. The van der Waals surface area contributed by atoms with Gasteiger partial charge < -0.3 is 29.9 Å². The topological polar surface area (TPSA) is 116 Å². The number of aliphatic hydroxyl groups excluding tert-OH is 3. The number of rotatable bonds is 3. The van der Waals surface area contributed by atoms with E-state index in [1.165, 1.54) is 5.57 Å². The van der Waals surface area contributed by atoms with E-state index in [9.17, 15) is 25.2 Å². The zero-order valence-electron chi connectivity index (χ0n) is 26.6. The number of ether oxygens (including phenoxy) is 2. The van der Waals surface area contributed by atoms with Gasteiger partial charge in [-0.05, 0) is 97.2 Å². The molecule has 4 N–H and O–H groups in total. The molecule has 5 aliphatic carbocycles. The predicted octanol–water partition coefficient (Wildman–Crippen LogP) is 5.47. The van der Waals surface area contributed by atoms with Crippen LogP contribution in [0.25, 0.3) is 0 Å². The Morgan fingerprint density at radius 3 is 2.36 bits per heavy atom. The Hall–Kier alpha value is -1.25. The minimum Gasteiger partial charge on any atom is -0.481 e. The molecule has 6 rings (SSSR count). The van der Waals surface area contributed by atoms with Crippen molar-refractivity contribution in [2.24, 2.45) is 50.7 Å². The van der Waals surface area contributed by atoms with Crippen molar-refractivity contribution in [3.8, 4) is 0 Å². The molecule has 5 fully saturated rings. The lowest BCUT2D eigenvalue weighted by atomic mass is 9.33. The van der Waals surface area contributed by atoms with Gasteiger partial charge in [0, 0.05) is 5.92 Å². The SMILES string of the molecule is C=C1C(C)CCC2(C(=O)O)CCC3(C)C(=CCC4C5(C)CCC(OC6OCC(O)C(O)C6O)C(C)(C)C5CCC43C)C12. The summed E-state index contributed by atoms with van der Waals surface area (Å²) in [7, 11) is 0. The summed E-state index contributed by atoms with van der Waals surface area (Å²) in [6, 6.07) is 0. The summed E-state index contributed by atoms with van der Waals surface area (Å²) in [5, 5.41) is 41.3. The molecule has 236 valence electrons. The minimum atomic E-state index is -1.28. The van der Waals surface area contributed by atoms with E-state index in [2.05, 4.69) is 54.2 Å². The van der Waals surface area contributed by atoms with Crippen LogP contribution in [0.1, 0.15) is 99.3 Å². The molecule has 0 amide bonds. The van der Waals surface area contributed by atoms with E-state index in [0.29, 0.717) is 17.8 Å². The number of aliphatic carboxylic acids is 1. The molecule has 0 aromatic heterocycles. The summed E-state index contributed by atoms with van der Waals surface area (Å²) in [6.45, 7) is 18.8. The first kappa shape index (κ1) is 30.8. The quantitative estimate of drug-likeness (QED) is 0.256. The molecule has 1 aliphatic heterocycles. The first-order valence-corrected chi connectivity index (χ1v) is 16.5. The molecule has 6 aliphatic rings. The number of carboxylic acids is 1. The van der Waals surface area contributed by atoms with Gasteiger partial charge in [-0.3, -0.25) is 4.79 Å². The zero-order valence-corrected chi connectivity index (χ0v) is 26.6. The Labute approximate surface area is 251 Å². The molecular formula is C35H54O7. The Morgan fingerprint density at radius 1 is 0.952 bits per heavy atom. The molecule has 1 heterocycles. The molecule has 0 radical (unpaired) electrons. The maximum atomic E-state index is 12.9. The van der Waals surface area contributed by atoms with Crippen LogP contribution >= 0.6 is 0 Å². The van der Waals surface area contributed by atoms with Crippen molar-refractivity contribution in [3.05, 3.63) is 23.8 Å². The monoisotopic (exact) mass is 586 g/mol. The zero-order chi connectivity index (χ0) is 30.6. The Morgan fingerprint density at radius 2 is 1.67 bits per heavy atom. The van der Waals surface area contributed by atoms with Gasteiger partial charge >= 0.3 is 5.97 Å². The van der Waals surface area contributed by atoms with E-state index >= 15 is 0 Å². The van der Waals surface area contributed by atoms with E-state index in [-0.39, 0.29) is 40.3 Å². The highest BCUT2D eigenvalue weighted by Crippen LogP contribution is 2.75. The second kappa shape index (κ2) is 9.87. The Bertz CT molecular complexity index is 1160. The van der Waals surface area contributed by atoms with Crippen LogP contribution in [0.2, 0.25) is 0 Å². The second-order valence-corrected chi connectivity index (χ2v) is 16.4. The lowest BCUT2D eigenvalue weighted by molar-refractivity contribution is -0.308. The molecule has 0 aromatic carbocycles. The highest BCUT2D eigenvalue weighted by Gasteiger charge is 2.69. The van der Waals surface area contributed by atoms with Gasteiger partial charge in [-0.2, -0.15) is 0 Å². The lowest BCUT2D eigenvalue weighted by Crippen LogP contribution is -2.65. The average Bonchev–Trinajstić information content (AvgIpc) is 2.92. The van der Waals surface area contributed by atoms with E-state index in [1.54, 1.807) is 0 Å². The fraction of sp³-hybridized carbons (Fsp3) is 0.857. The standard InChI is InChI=1S/C35H54O7/c1-19-10-15-35(30(39)40)17-16-33(6)21(26(35)20(19)2)8-9-24-32(5)13-12-25(31(3,4)23(32)11-14-34(24,33)7)42-29-28(38)27(37)22(36)18-41-29/h8,19,22-29,36-38H,2,9-18H2,1,3-7H3,(H,39,40). The third-order valence-corrected chi connectivity index (χ3v) is 14.6. The van der Waals surface area contributed by atoms with Crippen LogP contribution in [0.4, 0.5) is 0 Å². The van der Waals surface area contributed by atoms with Crippen molar-refractivity contribution >= 4 is 5.97 Å².